The van der Waals surface area contributed by atoms with E-state index in [1.54, 1.807) is 0 Å². The molecule has 0 saturated carbocycles. The van der Waals surface area contributed by atoms with E-state index in [0.717, 1.165) is 52.1 Å². The van der Waals surface area contributed by atoms with Crippen LogP contribution in [0.5, 0.6) is 0 Å². The van der Waals surface area contributed by atoms with Crippen molar-refractivity contribution in [3.63, 3.8) is 0 Å². The molecule has 1 unspecified atom stereocenters. The third kappa shape index (κ3) is 4.17. The monoisotopic (exact) mass is 330 g/mol. The molecular formula is C20H30N2O2. The van der Waals surface area contributed by atoms with Gasteiger partial charge in [0.05, 0.1) is 0 Å². The molecule has 0 bridgehead atoms. The topological polar surface area (TPSA) is 50.4 Å². The van der Waals surface area contributed by atoms with Gasteiger partial charge in [-0.1, -0.05) is 24.3 Å². The number of aryl methyl sites for hydroxylation is 1. The predicted molar refractivity (Wildman–Crippen MR) is 96.1 cm³/mol. The molecule has 1 aromatic carbocycles. The lowest BCUT2D eigenvalue weighted by Crippen LogP contribution is -2.45. The highest BCUT2D eigenvalue weighted by atomic mass is 16.5. The first-order valence-corrected chi connectivity index (χ1v) is 9.31. The van der Waals surface area contributed by atoms with Crippen molar-refractivity contribution in [1.82, 2.24) is 10.6 Å². The van der Waals surface area contributed by atoms with Crippen LogP contribution in [0.15, 0.2) is 24.3 Å². The maximum Gasteiger partial charge on any atom is 0.220 e. The van der Waals surface area contributed by atoms with Crippen LogP contribution >= 0.6 is 0 Å². The minimum absolute atomic E-state index is 0.0220. The first-order chi connectivity index (χ1) is 11.7. The number of ether oxygens (including phenoxy) is 1. The summed E-state index contributed by atoms with van der Waals surface area (Å²) in [5.74, 6) is 0.866. The van der Waals surface area contributed by atoms with E-state index in [1.165, 1.54) is 17.5 Å². The molecule has 2 N–H and O–H groups in total. The first kappa shape index (κ1) is 17.4. The maximum atomic E-state index is 12.3. The Labute approximate surface area is 145 Å². The molecule has 24 heavy (non-hydrogen) atoms. The summed E-state index contributed by atoms with van der Waals surface area (Å²) in [5.41, 5.74) is 2.70. The number of rotatable bonds is 6. The summed E-state index contributed by atoms with van der Waals surface area (Å²) in [7, 11) is 0. The van der Waals surface area contributed by atoms with Gasteiger partial charge in [0.2, 0.25) is 5.91 Å². The molecule has 0 aromatic heterocycles. The van der Waals surface area contributed by atoms with E-state index >= 15 is 0 Å². The number of carbonyl (C=O) groups is 1. The van der Waals surface area contributed by atoms with Gasteiger partial charge in [-0.2, -0.15) is 0 Å². The van der Waals surface area contributed by atoms with Crippen LogP contribution in [0.25, 0.3) is 0 Å². The smallest absolute Gasteiger partial charge is 0.220 e. The highest BCUT2D eigenvalue weighted by molar-refractivity contribution is 5.76. The van der Waals surface area contributed by atoms with Crippen molar-refractivity contribution < 1.29 is 9.53 Å². The zero-order chi connectivity index (χ0) is 16.8. The predicted octanol–water partition coefficient (Wildman–Crippen LogP) is 2.55. The molecule has 2 aliphatic rings. The fraction of sp³-hybridized carbons (Fsp3) is 0.650. The molecule has 2 aliphatic heterocycles. The SMILES string of the molecule is Cc1ccccc1C1(CNC(=O)CCC2CCNC2)CCOCC1. The highest BCUT2D eigenvalue weighted by Gasteiger charge is 2.35. The van der Waals surface area contributed by atoms with Gasteiger partial charge < -0.3 is 15.4 Å². The van der Waals surface area contributed by atoms with E-state index in [9.17, 15) is 4.79 Å². The molecule has 132 valence electrons. The van der Waals surface area contributed by atoms with Crippen LogP contribution in [-0.2, 0) is 14.9 Å². The second-order valence-electron chi connectivity index (χ2n) is 7.38. The van der Waals surface area contributed by atoms with E-state index in [1.807, 2.05) is 0 Å². The molecule has 2 heterocycles. The number of hydrogen-bond donors (Lipinski definition) is 2. The lowest BCUT2D eigenvalue weighted by molar-refractivity contribution is -0.121. The van der Waals surface area contributed by atoms with E-state index in [-0.39, 0.29) is 11.3 Å². The van der Waals surface area contributed by atoms with Crippen molar-refractivity contribution in [2.45, 2.75) is 44.4 Å². The van der Waals surface area contributed by atoms with Crippen LogP contribution in [0.2, 0.25) is 0 Å². The number of nitrogens with one attached hydrogen (secondary N) is 2. The van der Waals surface area contributed by atoms with Gasteiger partial charge in [-0.05, 0) is 62.7 Å². The fourth-order valence-electron chi connectivity index (χ4n) is 4.12. The first-order valence-electron chi connectivity index (χ1n) is 9.31. The van der Waals surface area contributed by atoms with Crippen LogP contribution in [0.1, 0.15) is 43.2 Å². The molecule has 3 rings (SSSR count). The Morgan fingerprint density at radius 2 is 2.12 bits per heavy atom. The molecule has 0 radical (unpaired) electrons. The van der Waals surface area contributed by atoms with E-state index in [4.69, 9.17) is 4.74 Å². The summed E-state index contributed by atoms with van der Waals surface area (Å²) in [4.78, 5) is 12.3. The van der Waals surface area contributed by atoms with Gasteiger partial charge in [0.15, 0.2) is 0 Å². The third-order valence-corrected chi connectivity index (χ3v) is 5.73. The molecule has 1 aromatic rings. The van der Waals surface area contributed by atoms with E-state index in [2.05, 4.69) is 41.8 Å². The Kier molecular flexibility index (Phi) is 5.90. The van der Waals surface area contributed by atoms with Gasteiger partial charge in [0.25, 0.3) is 0 Å². The molecule has 0 spiro atoms. The molecule has 2 fully saturated rings. The fourth-order valence-corrected chi connectivity index (χ4v) is 4.12. The van der Waals surface area contributed by atoms with Crippen molar-refractivity contribution in [2.24, 2.45) is 5.92 Å². The van der Waals surface area contributed by atoms with E-state index < -0.39 is 0 Å². The number of amides is 1. The van der Waals surface area contributed by atoms with Crippen LogP contribution in [-0.4, -0.2) is 38.8 Å². The lowest BCUT2D eigenvalue weighted by atomic mass is 9.72. The second kappa shape index (κ2) is 8.13. The summed E-state index contributed by atoms with van der Waals surface area (Å²) in [5, 5.41) is 6.60. The Morgan fingerprint density at radius 1 is 1.33 bits per heavy atom. The molecule has 1 amide bonds. The Bertz CT molecular complexity index is 546. The van der Waals surface area contributed by atoms with Crippen LogP contribution in [0.4, 0.5) is 0 Å². The quantitative estimate of drug-likeness (QED) is 0.843. The average Bonchev–Trinajstić information content (AvgIpc) is 3.13. The summed E-state index contributed by atoms with van der Waals surface area (Å²) in [6.45, 7) is 6.61. The molecule has 0 aliphatic carbocycles. The Balaban J connectivity index is 1.60. The molecule has 1 atom stereocenters. The third-order valence-electron chi connectivity index (χ3n) is 5.73. The van der Waals surface area contributed by atoms with Gasteiger partial charge in [0.1, 0.15) is 0 Å². The zero-order valence-corrected chi connectivity index (χ0v) is 14.8. The van der Waals surface area contributed by atoms with Crippen LogP contribution in [0.3, 0.4) is 0 Å². The Hall–Kier alpha value is -1.39. The zero-order valence-electron chi connectivity index (χ0n) is 14.8. The summed E-state index contributed by atoms with van der Waals surface area (Å²) >= 11 is 0. The minimum atomic E-state index is 0.0220. The normalized spacial score (nSPS) is 23.1. The molecule has 4 nitrogen and oxygen atoms in total. The van der Waals surface area contributed by atoms with Crippen molar-refractivity contribution in [1.29, 1.82) is 0 Å². The van der Waals surface area contributed by atoms with Gasteiger partial charge in [-0.3, -0.25) is 4.79 Å². The summed E-state index contributed by atoms with van der Waals surface area (Å²) in [6, 6.07) is 8.58. The van der Waals surface area contributed by atoms with Gasteiger partial charge in [-0.25, -0.2) is 0 Å². The average molecular weight is 330 g/mol. The maximum absolute atomic E-state index is 12.3. The second-order valence-corrected chi connectivity index (χ2v) is 7.38. The highest BCUT2D eigenvalue weighted by Crippen LogP contribution is 2.36. The van der Waals surface area contributed by atoms with Crippen molar-refractivity contribution in [2.75, 3.05) is 32.8 Å². The largest absolute Gasteiger partial charge is 0.381 e. The van der Waals surface area contributed by atoms with Crippen LogP contribution < -0.4 is 10.6 Å². The summed E-state index contributed by atoms with van der Waals surface area (Å²) in [6.07, 6.45) is 4.80. The van der Waals surface area contributed by atoms with Crippen molar-refractivity contribution in [3.8, 4) is 0 Å². The van der Waals surface area contributed by atoms with Gasteiger partial charge in [-0.15, -0.1) is 0 Å². The van der Waals surface area contributed by atoms with Gasteiger partial charge in [0, 0.05) is 31.6 Å². The van der Waals surface area contributed by atoms with Crippen LogP contribution in [0, 0.1) is 12.8 Å². The number of benzene rings is 1. The van der Waals surface area contributed by atoms with Crippen molar-refractivity contribution >= 4 is 5.91 Å². The number of hydrogen-bond acceptors (Lipinski definition) is 3. The van der Waals surface area contributed by atoms with E-state index in [0.29, 0.717) is 12.3 Å². The Morgan fingerprint density at radius 3 is 2.83 bits per heavy atom. The van der Waals surface area contributed by atoms with Gasteiger partial charge >= 0.3 is 0 Å². The lowest BCUT2D eigenvalue weighted by Gasteiger charge is -2.39. The summed E-state index contributed by atoms with van der Waals surface area (Å²) < 4.78 is 5.59. The minimum Gasteiger partial charge on any atom is -0.381 e. The molecule has 4 heteroatoms. The number of carbonyl (C=O) groups excluding carboxylic acids is 1. The standard InChI is InChI=1S/C20H30N2O2/c1-16-4-2-3-5-18(16)20(9-12-24-13-10-20)15-22-19(23)7-6-17-8-11-21-14-17/h2-5,17,21H,6-15H2,1H3,(H,22,23). The van der Waals surface area contributed by atoms with Crippen molar-refractivity contribution in [3.05, 3.63) is 35.4 Å². The molecule has 2 saturated heterocycles. The molecular weight excluding hydrogens is 300 g/mol.